The lowest BCUT2D eigenvalue weighted by molar-refractivity contribution is 0.327. The fourth-order valence-electron chi connectivity index (χ4n) is 4.72. The number of hydrogen-bond acceptors (Lipinski definition) is 2. The highest BCUT2D eigenvalue weighted by Gasteiger charge is 2.51. The third-order valence-electron chi connectivity index (χ3n) is 6.07. The van der Waals surface area contributed by atoms with Crippen molar-refractivity contribution in [3.8, 4) is 0 Å². The molecule has 0 N–H and O–H groups in total. The van der Waals surface area contributed by atoms with Crippen LogP contribution in [0.25, 0.3) is 10.9 Å². The lowest BCUT2D eigenvalue weighted by atomic mass is 9.50. The molecule has 2 unspecified atom stereocenters. The lowest BCUT2D eigenvalue weighted by Crippen LogP contribution is -2.46. The smallest absolute Gasteiger partial charge is 0.116 e. The monoisotopic (exact) mass is 286 g/mol. The molecule has 2 atom stereocenters. The van der Waals surface area contributed by atoms with E-state index in [0.717, 1.165) is 10.9 Å². The van der Waals surface area contributed by atoms with Gasteiger partial charge < -0.3 is 0 Å². The fourth-order valence-corrected chi connectivity index (χ4v) is 4.72. The summed E-state index contributed by atoms with van der Waals surface area (Å²) in [7, 11) is 0. The van der Waals surface area contributed by atoms with Crippen LogP contribution in [0.4, 0.5) is 0 Å². The predicted octanol–water partition coefficient (Wildman–Crippen LogP) is 4.35. The van der Waals surface area contributed by atoms with Crippen molar-refractivity contribution in [1.82, 2.24) is 9.97 Å². The van der Waals surface area contributed by atoms with Gasteiger partial charge in [-0.1, -0.05) is 38.1 Å². The minimum absolute atomic E-state index is 0.114. The minimum atomic E-state index is 0.114. The highest BCUT2D eigenvalue weighted by molar-refractivity contribution is 5.82. The van der Waals surface area contributed by atoms with E-state index in [-0.39, 0.29) is 10.8 Å². The molecule has 2 bridgehead atoms. The first kappa shape index (κ1) is 12.3. The molecule has 0 amide bonds. The van der Waals surface area contributed by atoms with Crippen LogP contribution in [-0.4, -0.2) is 9.97 Å². The molecule has 1 aromatic heterocycles. The number of nitrogens with zero attached hydrogens (tertiary/aromatic N) is 2. The van der Waals surface area contributed by atoms with E-state index in [1.165, 1.54) is 35.1 Å². The van der Waals surface area contributed by atoms with E-state index in [4.69, 9.17) is 0 Å². The SMILES string of the molecule is CC12CCC(C)(c3ccccc31)c1cc3ncncc3cc12. The van der Waals surface area contributed by atoms with Crippen molar-refractivity contribution in [2.75, 3.05) is 0 Å². The van der Waals surface area contributed by atoms with Crippen LogP contribution in [0.1, 0.15) is 48.9 Å². The van der Waals surface area contributed by atoms with Crippen molar-refractivity contribution in [2.24, 2.45) is 0 Å². The van der Waals surface area contributed by atoms with Gasteiger partial charge >= 0.3 is 0 Å². The van der Waals surface area contributed by atoms with Gasteiger partial charge in [0.25, 0.3) is 0 Å². The Morgan fingerprint density at radius 3 is 2.18 bits per heavy atom. The van der Waals surface area contributed by atoms with Gasteiger partial charge in [0.2, 0.25) is 0 Å². The van der Waals surface area contributed by atoms with E-state index in [1.807, 2.05) is 6.20 Å². The maximum absolute atomic E-state index is 4.47. The molecule has 3 aliphatic carbocycles. The summed E-state index contributed by atoms with van der Waals surface area (Å²) in [6, 6.07) is 13.6. The van der Waals surface area contributed by atoms with Crippen molar-refractivity contribution in [3.05, 3.63) is 71.2 Å². The van der Waals surface area contributed by atoms with Gasteiger partial charge in [-0.25, -0.2) is 9.97 Å². The Labute approximate surface area is 130 Å². The van der Waals surface area contributed by atoms with Gasteiger partial charge in [-0.05, 0) is 47.2 Å². The molecular formula is C20H18N2. The zero-order chi connectivity index (χ0) is 14.9. The van der Waals surface area contributed by atoms with E-state index in [9.17, 15) is 0 Å². The summed E-state index contributed by atoms with van der Waals surface area (Å²) in [6.07, 6.45) is 6.01. The van der Waals surface area contributed by atoms with Gasteiger partial charge in [-0.15, -0.1) is 0 Å². The summed E-state index contributed by atoms with van der Waals surface area (Å²) >= 11 is 0. The van der Waals surface area contributed by atoms with Gasteiger partial charge in [0.1, 0.15) is 6.33 Å². The van der Waals surface area contributed by atoms with Crippen LogP contribution in [0.2, 0.25) is 0 Å². The molecule has 6 rings (SSSR count). The van der Waals surface area contributed by atoms with E-state index in [2.05, 4.69) is 60.2 Å². The molecule has 2 aromatic carbocycles. The zero-order valence-electron chi connectivity index (χ0n) is 12.9. The summed E-state index contributed by atoms with van der Waals surface area (Å²) in [5.74, 6) is 0. The molecule has 1 heterocycles. The molecule has 0 radical (unpaired) electrons. The van der Waals surface area contributed by atoms with E-state index in [1.54, 1.807) is 6.33 Å². The Bertz CT molecular complexity index is 854. The van der Waals surface area contributed by atoms with E-state index in [0.29, 0.717) is 0 Å². The molecule has 2 heteroatoms. The normalized spacial score (nSPS) is 28.5. The van der Waals surface area contributed by atoms with E-state index < -0.39 is 0 Å². The molecule has 108 valence electrons. The second-order valence-corrected chi connectivity index (χ2v) is 7.19. The molecule has 0 fully saturated rings. The second-order valence-electron chi connectivity index (χ2n) is 7.19. The fraction of sp³-hybridized carbons (Fsp3) is 0.300. The largest absolute Gasteiger partial charge is 0.244 e. The summed E-state index contributed by atoms with van der Waals surface area (Å²) in [4.78, 5) is 8.67. The quantitative estimate of drug-likeness (QED) is 0.614. The third kappa shape index (κ3) is 1.27. The maximum atomic E-state index is 4.47. The highest BCUT2D eigenvalue weighted by atomic mass is 14.8. The van der Waals surface area contributed by atoms with Gasteiger partial charge in [-0.2, -0.15) is 0 Å². The number of hydrogen-bond donors (Lipinski definition) is 0. The Kier molecular flexibility index (Phi) is 2.10. The number of fused-ring (bicyclic) bond motifs is 2. The Morgan fingerprint density at radius 1 is 0.864 bits per heavy atom. The van der Waals surface area contributed by atoms with Crippen molar-refractivity contribution in [3.63, 3.8) is 0 Å². The third-order valence-corrected chi connectivity index (χ3v) is 6.07. The topological polar surface area (TPSA) is 25.8 Å². The summed E-state index contributed by atoms with van der Waals surface area (Å²) in [6.45, 7) is 4.80. The van der Waals surface area contributed by atoms with Crippen LogP contribution in [0.3, 0.4) is 0 Å². The van der Waals surface area contributed by atoms with Gasteiger partial charge in [0.15, 0.2) is 0 Å². The Hall–Kier alpha value is -2.22. The molecule has 22 heavy (non-hydrogen) atoms. The first-order valence-electron chi connectivity index (χ1n) is 7.98. The van der Waals surface area contributed by atoms with Crippen molar-refractivity contribution >= 4 is 10.9 Å². The number of aromatic nitrogens is 2. The van der Waals surface area contributed by atoms with Crippen molar-refractivity contribution < 1.29 is 0 Å². The van der Waals surface area contributed by atoms with Crippen LogP contribution >= 0.6 is 0 Å². The van der Waals surface area contributed by atoms with Crippen LogP contribution in [-0.2, 0) is 10.8 Å². The van der Waals surface area contributed by atoms with Crippen LogP contribution < -0.4 is 0 Å². The molecule has 0 saturated heterocycles. The maximum Gasteiger partial charge on any atom is 0.116 e. The average Bonchev–Trinajstić information content (AvgIpc) is 2.57. The molecule has 0 saturated carbocycles. The van der Waals surface area contributed by atoms with Gasteiger partial charge in [0, 0.05) is 22.4 Å². The molecule has 3 aliphatic rings. The molecule has 3 aromatic rings. The molecule has 0 spiro atoms. The van der Waals surface area contributed by atoms with Crippen LogP contribution in [0.5, 0.6) is 0 Å². The molecule has 0 aliphatic heterocycles. The van der Waals surface area contributed by atoms with Gasteiger partial charge in [-0.3, -0.25) is 0 Å². The summed E-state index contributed by atoms with van der Waals surface area (Å²) in [5.41, 5.74) is 7.24. The van der Waals surface area contributed by atoms with Crippen molar-refractivity contribution in [2.45, 2.75) is 37.5 Å². The van der Waals surface area contributed by atoms with E-state index >= 15 is 0 Å². The molecular weight excluding hydrogens is 268 g/mol. The standard InChI is InChI=1S/C20H18N2/c1-19-7-8-20(2,15-6-4-3-5-14(15)19)17-10-18-13(9-16(17)19)11-21-12-22-18/h3-6,9-12H,7-8H2,1-2H3. The summed E-state index contributed by atoms with van der Waals surface area (Å²) in [5, 5.41) is 1.15. The Morgan fingerprint density at radius 2 is 1.50 bits per heavy atom. The average molecular weight is 286 g/mol. The number of benzene rings is 2. The first-order valence-corrected chi connectivity index (χ1v) is 7.98. The second kappa shape index (κ2) is 3.75. The summed E-state index contributed by atoms with van der Waals surface area (Å²) < 4.78 is 0. The van der Waals surface area contributed by atoms with Crippen molar-refractivity contribution in [1.29, 1.82) is 0 Å². The van der Waals surface area contributed by atoms with Crippen LogP contribution in [0, 0.1) is 0 Å². The van der Waals surface area contributed by atoms with Gasteiger partial charge in [0.05, 0.1) is 5.52 Å². The first-order chi connectivity index (χ1) is 10.6. The molecule has 2 nitrogen and oxygen atoms in total. The highest BCUT2D eigenvalue weighted by Crippen LogP contribution is 2.59. The Balaban J connectivity index is 1.94. The lowest BCUT2D eigenvalue weighted by Gasteiger charge is -2.53. The predicted molar refractivity (Wildman–Crippen MR) is 88.1 cm³/mol. The minimum Gasteiger partial charge on any atom is -0.244 e. The zero-order valence-corrected chi connectivity index (χ0v) is 12.9. The van der Waals surface area contributed by atoms with Crippen LogP contribution in [0.15, 0.2) is 48.9 Å². The number of rotatable bonds is 0.